The number of carbonyl (C=O) groups excluding carboxylic acids is 1. The zero-order valence-electron chi connectivity index (χ0n) is 9.80. The average molecular weight is 234 g/mol. The molecule has 0 bridgehead atoms. The van der Waals surface area contributed by atoms with E-state index in [0.717, 1.165) is 0 Å². The van der Waals surface area contributed by atoms with Gasteiger partial charge in [-0.25, -0.2) is 19.3 Å². The van der Waals surface area contributed by atoms with Crippen molar-refractivity contribution in [2.24, 2.45) is 5.92 Å². The maximum Gasteiger partial charge on any atom is 0.348 e. The van der Waals surface area contributed by atoms with E-state index >= 15 is 0 Å². The minimum Gasteiger partial charge on any atom is -0.299 e. The van der Waals surface area contributed by atoms with Crippen molar-refractivity contribution in [1.29, 1.82) is 0 Å². The molecule has 0 aliphatic rings. The fourth-order valence-corrected chi connectivity index (χ4v) is 1.67. The number of aromatic amines is 1. The van der Waals surface area contributed by atoms with Gasteiger partial charge < -0.3 is 0 Å². The molecule has 1 N–H and O–H groups in total. The van der Waals surface area contributed by atoms with Gasteiger partial charge in [-0.05, 0) is 5.92 Å². The van der Waals surface area contributed by atoms with Crippen LogP contribution < -0.4 is 5.69 Å². The summed E-state index contributed by atoms with van der Waals surface area (Å²) in [6, 6.07) is 1.65. The number of ketones is 1. The largest absolute Gasteiger partial charge is 0.348 e. The molecule has 2 heterocycles. The summed E-state index contributed by atoms with van der Waals surface area (Å²) in [5.41, 5.74) is 0.798. The Bertz CT molecular complexity index is 597. The second kappa shape index (κ2) is 4.48. The summed E-state index contributed by atoms with van der Waals surface area (Å²) in [6.07, 6.45) is 2.22. The van der Waals surface area contributed by atoms with Crippen LogP contribution >= 0.6 is 0 Å². The van der Waals surface area contributed by atoms with Crippen LogP contribution in [0, 0.1) is 5.92 Å². The van der Waals surface area contributed by atoms with Gasteiger partial charge in [0.25, 0.3) is 0 Å². The molecular weight excluding hydrogens is 220 g/mol. The lowest BCUT2D eigenvalue weighted by molar-refractivity contribution is -0.119. The summed E-state index contributed by atoms with van der Waals surface area (Å²) in [5, 5.41) is 6.14. The van der Waals surface area contributed by atoms with Crippen molar-refractivity contribution in [3.63, 3.8) is 0 Å². The number of hydrogen-bond donors (Lipinski definition) is 1. The fourth-order valence-electron chi connectivity index (χ4n) is 1.67. The summed E-state index contributed by atoms with van der Waals surface area (Å²) in [7, 11) is 0. The molecule has 0 fully saturated rings. The van der Waals surface area contributed by atoms with Gasteiger partial charge in [0.05, 0.1) is 5.69 Å². The van der Waals surface area contributed by atoms with Crippen LogP contribution in [-0.4, -0.2) is 25.4 Å². The van der Waals surface area contributed by atoms with Gasteiger partial charge in [0, 0.05) is 18.9 Å². The summed E-state index contributed by atoms with van der Waals surface area (Å²) in [6.45, 7) is 4.00. The van der Waals surface area contributed by atoms with E-state index in [1.54, 1.807) is 6.07 Å². The van der Waals surface area contributed by atoms with E-state index in [0.29, 0.717) is 23.7 Å². The highest BCUT2D eigenvalue weighted by Gasteiger charge is 2.09. The standard InChI is InChI=1S/C11H14N4O2/c1-7(2)3-9(16)4-8-5-10-13-14-11(17)15(10)6-12-8/h5-7H,3-4H2,1-2H3,(H,14,17). The first-order valence-corrected chi connectivity index (χ1v) is 5.49. The fraction of sp³-hybridized carbons (Fsp3) is 0.455. The number of H-pyrrole nitrogens is 1. The molecule has 6 heteroatoms. The van der Waals surface area contributed by atoms with E-state index in [9.17, 15) is 9.59 Å². The van der Waals surface area contributed by atoms with Gasteiger partial charge >= 0.3 is 5.69 Å². The third kappa shape index (κ3) is 2.58. The van der Waals surface area contributed by atoms with Gasteiger partial charge in [-0.3, -0.25) is 4.79 Å². The van der Waals surface area contributed by atoms with E-state index in [4.69, 9.17) is 0 Å². The topological polar surface area (TPSA) is 80.1 Å². The van der Waals surface area contributed by atoms with Crippen molar-refractivity contribution in [2.75, 3.05) is 0 Å². The Labute approximate surface area is 97.7 Å². The monoisotopic (exact) mass is 234 g/mol. The number of rotatable bonds is 4. The molecule has 0 amide bonds. The first-order chi connectivity index (χ1) is 8.06. The third-order valence-corrected chi connectivity index (χ3v) is 2.38. The third-order valence-electron chi connectivity index (χ3n) is 2.38. The second-order valence-electron chi connectivity index (χ2n) is 4.45. The quantitative estimate of drug-likeness (QED) is 0.838. The highest BCUT2D eigenvalue weighted by molar-refractivity contribution is 5.80. The van der Waals surface area contributed by atoms with Crippen LogP contribution in [0.2, 0.25) is 0 Å². The minimum atomic E-state index is -0.326. The molecule has 6 nitrogen and oxygen atoms in total. The molecule has 0 spiro atoms. The number of fused-ring (bicyclic) bond motifs is 1. The summed E-state index contributed by atoms with van der Waals surface area (Å²) in [5.74, 6) is 0.494. The molecule has 0 unspecified atom stereocenters. The maximum absolute atomic E-state index is 11.6. The highest BCUT2D eigenvalue weighted by Crippen LogP contribution is 2.06. The lowest BCUT2D eigenvalue weighted by Gasteiger charge is -2.03. The van der Waals surface area contributed by atoms with Crippen LogP contribution in [0.4, 0.5) is 0 Å². The predicted octanol–water partition coefficient (Wildman–Crippen LogP) is 0.575. The Morgan fingerprint density at radius 3 is 3.00 bits per heavy atom. The van der Waals surface area contributed by atoms with Crippen molar-refractivity contribution in [1.82, 2.24) is 19.6 Å². The predicted molar refractivity (Wildman–Crippen MR) is 61.8 cm³/mol. The maximum atomic E-state index is 11.6. The molecule has 0 aliphatic carbocycles. The normalized spacial score (nSPS) is 11.2. The molecule has 2 aromatic heterocycles. The van der Waals surface area contributed by atoms with Crippen molar-refractivity contribution in [3.8, 4) is 0 Å². The number of aromatic nitrogens is 4. The van der Waals surface area contributed by atoms with Crippen LogP contribution in [0.5, 0.6) is 0 Å². The van der Waals surface area contributed by atoms with E-state index in [1.165, 1.54) is 10.7 Å². The van der Waals surface area contributed by atoms with E-state index in [-0.39, 0.29) is 17.9 Å². The van der Waals surface area contributed by atoms with Crippen molar-refractivity contribution in [3.05, 3.63) is 28.6 Å². The Hall–Kier alpha value is -1.98. The van der Waals surface area contributed by atoms with Crippen LogP contribution in [0.1, 0.15) is 26.0 Å². The highest BCUT2D eigenvalue weighted by atomic mass is 16.1. The van der Waals surface area contributed by atoms with Gasteiger partial charge in [0.15, 0.2) is 5.65 Å². The average Bonchev–Trinajstić information content (AvgIpc) is 2.58. The molecule has 0 aromatic carbocycles. The Balaban J connectivity index is 2.19. The molecule has 0 aliphatic heterocycles. The molecule has 90 valence electrons. The molecule has 2 aromatic rings. The van der Waals surface area contributed by atoms with E-state index in [2.05, 4.69) is 15.2 Å². The van der Waals surface area contributed by atoms with Crippen molar-refractivity contribution < 1.29 is 4.79 Å². The van der Waals surface area contributed by atoms with Crippen LogP contribution in [-0.2, 0) is 11.2 Å². The van der Waals surface area contributed by atoms with Crippen LogP contribution in [0.25, 0.3) is 5.65 Å². The minimum absolute atomic E-state index is 0.148. The van der Waals surface area contributed by atoms with E-state index < -0.39 is 0 Å². The Morgan fingerprint density at radius 1 is 1.53 bits per heavy atom. The van der Waals surface area contributed by atoms with Gasteiger partial charge in [-0.1, -0.05) is 13.8 Å². The lowest BCUT2D eigenvalue weighted by Crippen LogP contribution is -2.11. The molecule has 17 heavy (non-hydrogen) atoms. The lowest BCUT2D eigenvalue weighted by atomic mass is 10.0. The van der Waals surface area contributed by atoms with Crippen LogP contribution in [0.15, 0.2) is 17.2 Å². The number of nitrogens with zero attached hydrogens (tertiary/aromatic N) is 3. The molecule has 2 rings (SSSR count). The zero-order valence-corrected chi connectivity index (χ0v) is 9.80. The van der Waals surface area contributed by atoms with Gasteiger partial charge in [0.1, 0.15) is 12.1 Å². The zero-order chi connectivity index (χ0) is 12.4. The van der Waals surface area contributed by atoms with Crippen LogP contribution in [0.3, 0.4) is 0 Å². The second-order valence-corrected chi connectivity index (χ2v) is 4.45. The summed E-state index contributed by atoms with van der Waals surface area (Å²) < 4.78 is 1.30. The number of Topliss-reactive ketones (excluding diaryl/α,β-unsaturated/α-hetero) is 1. The van der Waals surface area contributed by atoms with Gasteiger partial charge in [0.2, 0.25) is 0 Å². The molecule has 0 saturated heterocycles. The number of nitrogens with one attached hydrogen (secondary N) is 1. The molecule has 0 saturated carbocycles. The first kappa shape index (κ1) is 11.5. The molecular formula is C11H14N4O2. The van der Waals surface area contributed by atoms with Gasteiger partial charge in [-0.2, -0.15) is 5.10 Å². The Kier molecular flexibility index (Phi) is 3.03. The SMILES string of the molecule is CC(C)CC(=O)Cc1cc2n[nH]c(=O)n2cn1. The van der Waals surface area contributed by atoms with Gasteiger partial charge in [-0.15, -0.1) is 0 Å². The summed E-state index contributed by atoms with van der Waals surface area (Å²) >= 11 is 0. The first-order valence-electron chi connectivity index (χ1n) is 5.49. The van der Waals surface area contributed by atoms with E-state index in [1.807, 2.05) is 13.8 Å². The summed E-state index contributed by atoms with van der Waals surface area (Å²) in [4.78, 5) is 26.9. The number of hydrogen-bond acceptors (Lipinski definition) is 4. The number of carbonyl (C=O) groups is 1. The Morgan fingerprint density at radius 2 is 2.29 bits per heavy atom. The van der Waals surface area contributed by atoms with Crippen molar-refractivity contribution >= 4 is 11.4 Å². The molecule has 0 atom stereocenters. The smallest absolute Gasteiger partial charge is 0.299 e. The molecule has 0 radical (unpaired) electrons. The van der Waals surface area contributed by atoms with Crippen molar-refractivity contribution in [2.45, 2.75) is 26.7 Å².